The lowest BCUT2D eigenvalue weighted by Crippen LogP contribution is -1.73. The first-order valence-corrected chi connectivity index (χ1v) is 4.31. The number of hydrogen-bond acceptors (Lipinski definition) is 1. The van der Waals surface area contributed by atoms with E-state index in [1.807, 2.05) is 6.92 Å². The van der Waals surface area contributed by atoms with Crippen molar-refractivity contribution < 1.29 is 0 Å². The summed E-state index contributed by atoms with van der Waals surface area (Å²) in [5, 5.41) is 7.42. The number of nitrogens with one attached hydrogen (secondary N) is 1. The van der Waals surface area contributed by atoms with Crippen LogP contribution in [0.15, 0.2) is 20.8 Å². The molecule has 1 nitrogen and oxygen atoms in total. The maximum atomic E-state index is 6.82. The molecule has 0 unspecified atom stereocenters. The monoisotopic (exact) mass is 289 g/mol. The Morgan fingerprint density at radius 1 is 1.40 bits per heavy atom. The summed E-state index contributed by atoms with van der Waals surface area (Å²) >= 11 is 13.0. The van der Waals surface area contributed by atoms with Gasteiger partial charge in [-0.1, -0.05) is 23.2 Å². The third kappa shape index (κ3) is 5.26. The molecule has 0 aliphatic heterocycles. The van der Waals surface area contributed by atoms with Gasteiger partial charge in [-0.2, -0.15) is 0 Å². The SMILES string of the molecule is C/C(I)=C(Cl)\C=C/C(=N)Cl. The van der Waals surface area contributed by atoms with Crippen molar-refractivity contribution in [3.63, 3.8) is 0 Å². The van der Waals surface area contributed by atoms with E-state index < -0.39 is 0 Å². The molecule has 0 fully saturated rings. The zero-order chi connectivity index (χ0) is 8.15. The van der Waals surface area contributed by atoms with Crippen LogP contribution < -0.4 is 0 Å². The summed E-state index contributed by atoms with van der Waals surface area (Å²) in [5.41, 5.74) is 0. The predicted molar refractivity (Wildman–Crippen MR) is 55.3 cm³/mol. The summed E-state index contributed by atoms with van der Waals surface area (Å²) in [6.45, 7) is 1.88. The Balaban J connectivity index is 4.16. The van der Waals surface area contributed by atoms with Crippen molar-refractivity contribution in [1.29, 1.82) is 5.41 Å². The molecule has 0 atom stereocenters. The molecule has 0 radical (unpaired) electrons. The zero-order valence-corrected chi connectivity index (χ0v) is 8.96. The molecule has 10 heavy (non-hydrogen) atoms. The summed E-state index contributed by atoms with van der Waals surface area (Å²) in [7, 11) is 0. The van der Waals surface area contributed by atoms with Crippen LogP contribution in [0, 0.1) is 5.41 Å². The fraction of sp³-hybridized carbons (Fsp3) is 0.167. The summed E-state index contributed by atoms with van der Waals surface area (Å²) in [4.78, 5) is 0. The smallest absolute Gasteiger partial charge is 0.120 e. The first-order chi connectivity index (χ1) is 4.54. The minimum absolute atomic E-state index is 0.0178. The lowest BCUT2D eigenvalue weighted by molar-refractivity contribution is 1.56. The van der Waals surface area contributed by atoms with Crippen LogP contribution in [0.5, 0.6) is 0 Å². The molecule has 0 heterocycles. The Kier molecular flexibility index (Phi) is 5.39. The van der Waals surface area contributed by atoms with Crippen molar-refractivity contribution in [2.24, 2.45) is 0 Å². The summed E-state index contributed by atoms with van der Waals surface area (Å²) in [5.74, 6) is 0. The van der Waals surface area contributed by atoms with Gasteiger partial charge in [0.1, 0.15) is 5.17 Å². The van der Waals surface area contributed by atoms with Gasteiger partial charge in [-0.25, -0.2) is 0 Å². The highest BCUT2D eigenvalue weighted by Gasteiger charge is 1.89. The van der Waals surface area contributed by atoms with E-state index in [0.29, 0.717) is 5.03 Å². The highest BCUT2D eigenvalue weighted by molar-refractivity contribution is 14.1. The van der Waals surface area contributed by atoms with E-state index in [9.17, 15) is 0 Å². The lowest BCUT2D eigenvalue weighted by atomic mass is 10.4. The van der Waals surface area contributed by atoms with Crippen LogP contribution in [-0.2, 0) is 0 Å². The molecule has 0 saturated heterocycles. The molecule has 1 N–H and O–H groups in total. The predicted octanol–water partition coefficient (Wildman–Crippen LogP) is 3.66. The molecule has 0 aromatic carbocycles. The zero-order valence-electron chi connectivity index (χ0n) is 5.29. The van der Waals surface area contributed by atoms with E-state index >= 15 is 0 Å². The number of halogens is 3. The largest absolute Gasteiger partial charge is 0.289 e. The van der Waals surface area contributed by atoms with Crippen LogP contribution in [0.4, 0.5) is 0 Å². The van der Waals surface area contributed by atoms with E-state index in [1.54, 1.807) is 6.08 Å². The molecule has 0 rings (SSSR count). The molecule has 0 aromatic heterocycles. The van der Waals surface area contributed by atoms with Crippen LogP contribution in [0.25, 0.3) is 0 Å². The summed E-state index contributed by atoms with van der Waals surface area (Å²) in [6, 6.07) is 0. The van der Waals surface area contributed by atoms with Gasteiger partial charge in [-0.15, -0.1) is 0 Å². The van der Waals surface area contributed by atoms with Crippen molar-refractivity contribution in [2.45, 2.75) is 6.92 Å². The number of allylic oxidation sites excluding steroid dienone is 4. The van der Waals surface area contributed by atoms with Gasteiger partial charge in [0.2, 0.25) is 0 Å². The van der Waals surface area contributed by atoms with Gasteiger partial charge in [-0.3, -0.25) is 5.41 Å². The minimum atomic E-state index is -0.0178. The van der Waals surface area contributed by atoms with Crippen LogP contribution >= 0.6 is 45.8 Å². The topological polar surface area (TPSA) is 23.9 Å². The second kappa shape index (κ2) is 5.16. The highest BCUT2D eigenvalue weighted by Crippen LogP contribution is 2.16. The third-order valence-corrected chi connectivity index (χ3v) is 2.14. The maximum absolute atomic E-state index is 6.82. The van der Waals surface area contributed by atoms with Gasteiger partial charge < -0.3 is 0 Å². The van der Waals surface area contributed by atoms with E-state index in [4.69, 9.17) is 28.6 Å². The van der Waals surface area contributed by atoms with Crippen LogP contribution in [-0.4, -0.2) is 5.17 Å². The molecule has 0 aliphatic carbocycles. The van der Waals surface area contributed by atoms with Crippen molar-refractivity contribution in [1.82, 2.24) is 0 Å². The van der Waals surface area contributed by atoms with Crippen molar-refractivity contribution in [2.75, 3.05) is 0 Å². The Bertz CT molecular complexity index is 192. The van der Waals surface area contributed by atoms with Gasteiger partial charge in [0.15, 0.2) is 0 Å². The lowest BCUT2D eigenvalue weighted by Gasteiger charge is -1.88. The molecular formula is C6H6Cl2IN. The maximum Gasteiger partial charge on any atom is 0.120 e. The highest BCUT2D eigenvalue weighted by atomic mass is 127. The molecule has 0 saturated carbocycles. The van der Waals surface area contributed by atoms with Crippen molar-refractivity contribution in [3.8, 4) is 0 Å². The third-order valence-electron chi connectivity index (χ3n) is 0.705. The van der Waals surface area contributed by atoms with Crippen LogP contribution in [0.1, 0.15) is 6.92 Å². The molecule has 0 amide bonds. The second-order valence-corrected chi connectivity index (χ2v) is 4.00. The quantitative estimate of drug-likeness (QED) is 0.456. The molecule has 0 aliphatic rings. The Morgan fingerprint density at radius 2 is 1.90 bits per heavy atom. The van der Waals surface area contributed by atoms with Crippen LogP contribution in [0.2, 0.25) is 0 Å². The first kappa shape index (κ1) is 10.5. The fourth-order valence-corrected chi connectivity index (χ4v) is 0.567. The van der Waals surface area contributed by atoms with Crippen molar-refractivity contribution >= 4 is 51.0 Å². The first-order valence-electron chi connectivity index (χ1n) is 2.48. The molecule has 56 valence electrons. The minimum Gasteiger partial charge on any atom is -0.289 e. The average Bonchev–Trinajstić information content (AvgIpc) is 1.82. The standard InChI is InChI=1S/C6H6Cl2IN/c1-4(9)5(7)2-3-6(8)10/h2-3,10H,1H3/b3-2-,5-4-,10-6?. The van der Waals surface area contributed by atoms with Gasteiger partial charge in [0.05, 0.1) is 0 Å². The molecule has 0 bridgehead atoms. The van der Waals surface area contributed by atoms with Gasteiger partial charge in [-0.05, 0) is 41.7 Å². The Labute approximate surface area is 83.7 Å². The Morgan fingerprint density at radius 3 is 2.20 bits per heavy atom. The van der Waals surface area contributed by atoms with Gasteiger partial charge in [0.25, 0.3) is 0 Å². The van der Waals surface area contributed by atoms with E-state index in [0.717, 1.165) is 3.58 Å². The molecule has 0 aromatic rings. The normalized spacial score (nSPS) is 13.6. The summed E-state index contributed by atoms with van der Waals surface area (Å²) < 4.78 is 0.980. The van der Waals surface area contributed by atoms with Crippen molar-refractivity contribution in [3.05, 3.63) is 20.8 Å². The van der Waals surface area contributed by atoms with Crippen LogP contribution in [0.3, 0.4) is 0 Å². The van der Waals surface area contributed by atoms with Gasteiger partial charge in [0, 0.05) is 8.61 Å². The molecule has 4 heteroatoms. The number of rotatable bonds is 2. The molecular weight excluding hydrogens is 284 g/mol. The second-order valence-electron chi connectivity index (χ2n) is 1.56. The average molecular weight is 290 g/mol. The van der Waals surface area contributed by atoms with E-state index in [-0.39, 0.29) is 5.17 Å². The summed E-state index contributed by atoms with van der Waals surface area (Å²) in [6.07, 6.45) is 3.03. The number of hydrogen-bond donors (Lipinski definition) is 1. The molecule has 0 spiro atoms. The van der Waals surface area contributed by atoms with Gasteiger partial charge >= 0.3 is 0 Å². The Hall–Kier alpha value is 0.460. The fourth-order valence-electron chi connectivity index (χ4n) is 0.261. The van der Waals surface area contributed by atoms with E-state index in [2.05, 4.69) is 22.6 Å². The van der Waals surface area contributed by atoms with E-state index in [1.165, 1.54) is 6.08 Å².